The van der Waals surface area contributed by atoms with Crippen molar-refractivity contribution >= 4 is 11.6 Å². The lowest BCUT2D eigenvalue weighted by Gasteiger charge is -2.28. The first kappa shape index (κ1) is 15.6. The number of para-hydroxylation sites is 1. The molecule has 23 heavy (non-hydrogen) atoms. The molecule has 2 atom stereocenters. The molecule has 4 N–H and O–H groups in total. The number of alkyl halides is 1. The van der Waals surface area contributed by atoms with Crippen LogP contribution in [-0.4, -0.2) is 23.1 Å². The number of aryl methyl sites for hydroxylation is 1. The second-order valence-corrected chi connectivity index (χ2v) is 6.18. The van der Waals surface area contributed by atoms with Gasteiger partial charge in [-0.05, 0) is 31.9 Å². The van der Waals surface area contributed by atoms with Crippen LogP contribution in [0.25, 0.3) is 11.3 Å². The third kappa shape index (κ3) is 3.23. The van der Waals surface area contributed by atoms with Crippen LogP contribution in [0.2, 0.25) is 0 Å². The summed E-state index contributed by atoms with van der Waals surface area (Å²) in [6.45, 7) is 1.82. The van der Waals surface area contributed by atoms with Crippen LogP contribution < -0.4 is 11.1 Å². The minimum atomic E-state index is -0.816. The third-order valence-corrected chi connectivity index (χ3v) is 4.52. The highest BCUT2D eigenvalue weighted by Crippen LogP contribution is 2.32. The summed E-state index contributed by atoms with van der Waals surface area (Å²) in [4.78, 5) is 14.6. The van der Waals surface area contributed by atoms with E-state index in [4.69, 9.17) is 5.73 Å². The average molecular weight is 315 g/mol. The molecule has 122 valence electrons. The molecule has 5 heteroatoms. The smallest absolute Gasteiger partial charge is 0.250 e. The van der Waals surface area contributed by atoms with E-state index in [0.717, 1.165) is 41.9 Å². The molecule has 1 aromatic carbocycles. The highest BCUT2D eigenvalue weighted by molar-refractivity contribution is 5.96. The summed E-state index contributed by atoms with van der Waals surface area (Å²) in [6, 6.07) is 9.34. The van der Waals surface area contributed by atoms with Gasteiger partial charge in [-0.2, -0.15) is 0 Å². The Bertz CT molecular complexity index is 710. The molecule has 0 spiro atoms. The maximum absolute atomic E-state index is 14.1. The number of carbonyl (C=O) groups is 1. The number of primary amides is 1. The van der Waals surface area contributed by atoms with E-state index < -0.39 is 12.1 Å². The number of hydrogen-bond acceptors (Lipinski definition) is 2. The zero-order chi connectivity index (χ0) is 16.4. The number of amides is 1. The Hall–Kier alpha value is -2.30. The zero-order valence-corrected chi connectivity index (χ0v) is 13.2. The molecule has 1 aromatic heterocycles. The Morgan fingerprint density at radius 3 is 2.74 bits per heavy atom. The molecule has 1 fully saturated rings. The van der Waals surface area contributed by atoms with Crippen molar-refractivity contribution in [3.8, 4) is 11.3 Å². The van der Waals surface area contributed by atoms with Crippen LogP contribution >= 0.6 is 0 Å². The zero-order valence-electron chi connectivity index (χ0n) is 13.2. The maximum atomic E-state index is 14.1. The minimum absolute atomic E-state index is 0.156. The third-order valence-electron chi connectivity index (χ3n) is 4.52. The normalized spacial score (nSPS) is 21.1. The molecular formula is C18H22FN3O. The molecule has 0 saturated heterocycles. The number of rotatable bonds is 4. The Labute approximate surface area is 135 Å². The molecule has 2 aromatic rings. The van der Waals surface area contributed by atoms with Crippen molar-refractivity contribution in [3.63, 3.8) is 0 Å². The molecule has 0 unspecified atom stereocenters. The van der Waals surface area contributed by atoms with Crippen LogP contribution in [0.1, 0.15) is 41.7 Å². The molecule has 3 rings (SSSR count). The summed E-state index contributed by atoms with van der Waals surface area (Å²) in [7, 11) is 0. The molecular weight excluding hydrogens is 293 g/mol. The minimum Gasteiger partial charge on any atom is -0.379 e. The summed E-state index contributed by atoms with van der Waals surface area (Å²) >= 11 is 0. The fraction of sp³-hybridized carbons (Fsp3) is 0.389. The number of carbonyl (C=O) groups excluding carboxylic acids is 1. The molecule has 0 aliphatic heterocycles. The van der Waals surface area contributed by atoms with Gasteiger partial charge in [0.05, 0.1) is 11.6 Å². The van der Waals surface area contributed by atoms with Crippen LogP contribution in [0.3, 0.4) is 0 Å². The van der Waals surface area contributed by atoms with E-state index in [2.05, 4.69) is 10.3 Å². The van der Waals surface area contributed by atoms with E-state index in [-0.39, 0.29) is 6.04 Å². The highest BCUT2D eigenvalue weighted by Gasteiger charge is 2.25. The van der Waals surface area contributed by atoms with Crippen LogP contribution in [0.15, 0.2) is 30.3 Å². The van der Waals surface area contributed by atoms with Gasteiger partial charge in [-0.15, -0.1) is 0 Å². The Kier molecular flexibility index (Phi) is 4.37. The van der Waals surface area contributed by atoms with Crippen molar-refractivity contribution in [1.82, 2.24) is 4.98 Å². The first-order valence-corrected chi connectivity index (χ1v) is 8.05. The number of halogens is 1. The summed E-state index contributed by atoms with van der Waals surface area (Å²) in [5, 5.41) is 3.34. The number of aromatic amines is 1. The Morgan fingerprint density at radius 1 is 1.30 bits per heavy atom. The van der Waals surface area contributed by atoms with Crippen molar-refractivity contribution in [2.24, 2.45) is 5.73 Å². The van der Waals surface area contributed by atoms with Gasteiger partial charge in [-0.25, -0.2) is 4.39 Å². The van der Waals surface area contributed by atoms with Gasteiger partial charge >= 0.3 is 0 Å². The predicted molar refractivity (Wildman–Crippen MR) is 90.3 cm³/mol. The monoisotopic (exact) mass is 315 g/mol. The topological polar surface area (TPSA) is 70.9 Å². The van der Waals surface area contributed by atoms with E-state index >= 15 is 0 Å². The predicted octanol–water partition coefficient (Wildman–Crippen LogP) is 3.78. The number of H-pyrrole nitrogens is 1. The van der Waals surface area contributed by atoms with E-state index in [1.807, 2.05) is 31.2 Å². The van der Waals surface area contributed by atoms with Crippen molar-refractivity contribution in [1.29, 1.82) is 0 Å². The first-order valence-electron chi connectivity index (χ1n) is 8.05. The van der Waals surface area contributed by atoms with Crippen molar-refractivity contribution < 1.29 is 9.18 Å². The largest absolute Gasteiger partial charge is 0.379 e. The second kappa shape index (κ2) is 6.44. The fourth-order valence-corrected chi connectivity index (χ4v) is 3.25. The summed E-state index contributed by atoms with van der Waals surface area (Å²) in [5.41, 5.74) is 9.21. The van der Waals surface area contributed by atoms with Gasteiger partial charge in [0, 0.05) is 22.6 Å². The summed E-state index contributed by atoms with van der Waals surface area (Å²) < 4.78 is 14.1. The van der Waals surface area contributed by atoms with Crippen molar-refractivity contribution in [2.75, 3.05) is 5.32 Å². The van der Waals surface area contributed by atoms with E-state index in [9.17, 15) is 9.18 Å². The molecule has 0 radical (unpaired) electrons. The number of nitrogens with one attached hydrogen (secondary N) is 2. The first-order chi connectivity index (χ1) is 11.1. The number of anilines is 1. The van der Waals surface area contributed by atoms with Gasteiger partial charge in [-0.3, -0.25) is 4.79 Å². The van der Waals surface area contributed by atoms with E-state index in [1.165, 1.54) is 0 Å². The SMILES string of the molecule is Cc1[nH]c(-c2ccccc2N[C@H]2CCCC[C@H]2F)cc1C(N)=O. The van der Waals surface area contributed by atoms with Gasteiger partial charge in [0.25, 0.3) is 5.91 Å². The van der Waals surface area contributed by atoms with Crippen LogP contribution in [-0.2, 0) is 0 Å². The van der Waals surface area contributed by atoms with Crippen LogP contribution in [0.4, 0.5) is 10.1 Å². The summed E-state index contributed by atoms with van der Waals surface area (Å²) in [6.07, 6.45) is 2.65. The van der Waals surface area contributed by atoms with Gasteiger partial charge in [0.15, 0.2) is 0 Å². The fourth-order valence-electron chi connectivity index (χ4n) is 3.25. The molecule has 1 saturated carbocycles. The van der Waals surface area contributed by atoms with Gasteiger partial charge in [0.2, 0.25) is 0 Å². The standard InChI is InChI=1S/C18H22FN3O/c1-11-13(18(20)23)10-17(21-11)12-6-2-4-8-15(12)22-16-9-5-3-7-14(16)19/h2,4,6,8,10,14,16,21-22H,3,5,7,9H2,1H3,(H2,20,23)/t14-,16+/m1/s1. The highest BCUT2D eigenvalue weighted by atomic mass is 19.1. The number of hydrogen-bond donors (Lipinski definition) is 3. The molecule has 1 heterocycles. The quantitative estimate of drug-likeness (QED) is 0.803. The van der Waals surface area contributed by atoms with E-state index in [0.29, 0.717) is 12.0 Å². The number of nitrogens with two attached hydrogens (primary N) is 1. The molecule has 4 nitrogen and oxygen atoms in total. The lowest BCUT2D eigenvalue weighted by Crippen LogP contribution is -2.33. The van der Waals surface area contributed by atoms with Crippen LogP contribution in [0, 0.1) is 6.92 Å². The van der Waals surface area contributed by atoms with Crippen molar-refractivity contribution in [2.45, 2.75) is 44.8 Å². The number of benzene rings is 1. The lowest BCUT2D eigenvalue weighted by atomic mass is 9.93. The van der Waals surface area contributed by atoms with Gasteiger partial charge in [-0.1, -0.05) is 31.0 Å². The van der Waals surface area contributed by atoms with Gasteiger partial charge < -0.3 is 16.0 Å². The van der Waals surface area contributed by atoms with Crippen molar-refractivity contribution in [3.05, 3.63) is 41.6 Å². The second-order valence-electron chi connectivity index (χ2n) is 6.18. The molecule has 0 bridgehead atoms. The molecule has 1 amide bonds. The Morgan fingerprint density at radius 2 is 2.04 bits per heavy atom. The average Bonchev–Trinajstić information content (AvgIpc) is 2.92. The van der Waals surface area contributed by atoms with Gasteiger partial charge in [0.1, 0.15) is 6.17 Å². The van der Waals surface area contributed by atoms with E-state index in [1.54, 1.807) is 6.07 Å². The number of aromatic nitrogens is 1. The lowest BCUT2D eigenvalue weighted by molar-refractivity contribution is 0.1000. The Balaban J connectivity index is 1.91. The van der Waals surface area contributed by atoms with Crippen LogP contribution in [0.5, 0.6) is 0 Å². The molecule has 1 aliphatic rings. The maximum Gasteiger partial charge on any atom is 0.250 e. The summed E-state index contributed by atoms with van der Waals surface area (Å²) in [5.74, 6) is -0.452. The molecule has 1 aliphatic carbocycles.